The Morgan fingerprint density at radius 3 is 2.20 bits per heavy atom. The normalized spacial score (nSPS) is 40.6. The Bertz CT molecular complexity index is 149. The van der Waals surface area contributed by atoms with Crippen LogP contribution in [-0.4, -0.2) is 59.7 Å². The quantitative estimate of drug-likeness (QED) is 0.450. The van der Waals surface area contributed by atoms with Crippen molar-refractivity contribution in [3.8, 4) is 0 Å². The summed E-state index contributed by atoms with van der Waals surface area (Å²) < 4.78 is 9.90. The van der Waals surface area contributed by atoms with Gasteiger partial charge in [-0.2, -0.15) is 0 Å². The predicted octanol–water partition coefficient (Wildman–Crippen LogP) is -1.57. The van der Waals surface area contributed by atoms with E-state index in [1.165, 1.54) is 7.11 Å². The van der Waals surface area contributed by atoms with Crippen LogP contribution in [0.5, 0.6) is 0 Å². The first-order valence-electron chi connectivity index (χ1n) is 5.02. The van der Waals surface area contributed by atoms with Gasteiger partial charge < -0.3 is 30.5 Å². The molecule has 0 radical (unpaired) electrons. The predicted molar refractivity (Wildman–Crippen MR) is 54.1 cm³/mol. The molecule has 1 aliphatic heterocycles. The fourth-order valence-corrected chi connectivity index (χ4v) is 1.32. The van der Waals surface area contributed by atoms with Crippen LogP contribution in [0.1, 0.15) is 13.8 Å². The molecule has 0 spiro atoms. The summed E-state index contributed by atoms with van der Waals surface area (Å²) in [7, 11) is 1.38. The molecule has 1 saturated heterocycles. The third-order valence-corrected chi connectivity index (χ3v) is 2.16. The van der Waals surface area contributed by atoms with Crippen molar-refractivity contribution in [1.82, 2.24) is 0 Å². The second-order valence-electron chi connectivity index (χ2n) is 3.02. The van der Waals surface area contributed by atoms with Crippen LogP contribution in [-0.2, 0) is 9.47 Å². The molecule has 0 aromatic carbocycles. The molecule has 0 aromatic heterocycles. The van der Waals surface area contributed by atoms with E-state index >= 15 is 0 Å². The van der Waals surface area contributed by atoms with Crippen LogP contribution in [0, 0.1) is 0 Å². The molecule has 5 atom stereocenters. The lowest BCUT2D eigenvalue weighted by atomic mass is 9.98. The lowest BCUT2D eigenvalue weighted by Crippen LogP contribution is -2.62. The van der Waals surface area contributed by atoms with Crippen LogP contribution >= 0.6 is 0 Å². The van der Waals surface area contributed by atoms with Crippen LogP contribution < -0.4 is 5.73 Å². The monoisotopic (exact) mass is 223 g/mol. The molecule has 0 bridgehead atoms. The first-order chi connectivity index (χ1) is 7.11. The Balaban J connectivity index is 0.000000921. The van der Waals surface area contributed by atoms with Gasteiger partial charge in [-0.15, -0.1) is 0 Å². The van der Waals surface area contributed by atoms with Gasteiger partial charge in [-0.25, -0.2) is 0 Å². The topological polar surface area (TPSA) is 105 Å². The summed E-state index contributed by atoms with van der Waals surface area (Å²) in [5.41, 5.74) is 5.50. The lowest BCUT2D eigenvalue weighted by molar-refractivity contribution is -0.257. The Hall–Kier alpha value is -0.240. The van der Waals surface area contributed by atoms with Gasteiger partial charge in [-0.05, 0) is 0 Å². The van der Waals surface area contributed by atoms with Gasteiger partial charge in [0.05, 0.1) is 12.6 Å². The summed E-state index contributed by atoms with van der Waals surface area (Å²) in [5.74, 6) is 0. The molecule has 92 valence electrons. The smallest absolute Gasteiger partial charge is 0.175 e. The minimum atomic E-state index is -1.17. The zero-order chi connectivity index (χ0) is 12.0. The van der Waals surface area contributed by atoms with Crippen molar-refractivity contribution < 1.29 is 24.8 Å². The van der Waals surface area contributed by atoms with Crippen molar-refractivity contribution in [2.75, 3.05) is 13.7 Å². The van der Waals surface area contributed by atoms with Crippen molar-refractivity contribution in [2.45, 2.75) is 44.5 Å². The third-order valence-electron chi connectivity index (χ3n) is 2.16. The molecule has 5 N–H and O–H groups in total. The van der Waals surface area contributed by atoms with Gasteiger partial charge in [0.15, 0.2) is 6.29 Å². The Kier molecular flexibility index (Phi) is 6.99. The standard InChI is InChI=1S/C7H15NO5.C2H6/c1-12-7-4(8)6(11)5(10)3(2-9)13-7;1-2/h3-7,9-11H,2,8H2,1H3;1-2H3/t3?,4-,5?,6?,7-;/m0./s1. The van der Waals surface area contributed by atoms with E-state index < -0.39 is 30.6 Å². The van der Waals surface area contributed by atoms with Crippen LogP contribution in [0.2, 0.25) is 0 Å². The average molecular weight is 223 g/mol. The van der Waals surface area contributed by atoms with Crippen molar-refractivity contribution in [1.29, 1.82) is 0 Å². The third kappa shape index (κ3) is 3.37. The van der Waals surface area contributed by atoms with Crippen molar-refractivity contribution in [3.63, 3.8) is 0 Å². The van der Waals surface area contributed by atoms with Gasteiger partial charge in [0.2, 0.25) is 0 Å². The number of methoxy groups -OCH3 is 1. The minimum Gasteiger partial charge on any atom is -0.394 e. The van der Waals surface area contributed by atoms with E-state index in [0.717, 1.165) is 0 Å². The first kappa shape index (κ1) is 14.8. The summed E-state index contributed by atoms with van der Waals surface area (Å²) in [6, 6.07) is -0.803. The Labute approximate surface area is 89.6 Å². The Morgan fingerprint density at radius 1 is 1.27 bits per heavy atom. The fraction of sp³-hybridized carbons (Fsp3) is 1.00. The van der Waals surface area contributed by atoms with Crippen LogP contribution in [0.25, 0.3) is 0 Å². The molecule has 0 aliphatic carbocycles. The SMILES string of the molecule is CC.CO[C@H]1OC(CO)C(O)C(O)[C@@H]1N. The van der Waals surface area contributed by atoms with Gasteiger partial charge in [0.25, 0.3) is 0 Å². The van der Waals surface area contributed by atoms with E-state index in [4.69, 9.17) is 20.3 Å². The molecule has 1 heterocycles. The highest BCUT2D eigenvalue weighted by atomic mass is 16.7. The molecular formula is C9H21NO5. The van der Waals surface area contributed by atoms with Crippen molar-refractivity contribution in [2.24, 2.45) is 5.73 Å². The molecule has 1 fully saturated rings. The summed E-state index contributed by atoms with van der Waals surface area (Å²) in [5, 5.41) is 27.5. The zero-order valence-electron chi connectivity index (χ0n) is 9.33. The minimum absolute atomic E-state index is 0.384. The van der Waals surface area contributed by atoms with Crippen molar-refractivity contribution in [3.05, 3.63) is 0 Å². The summed E-state index contributed by atoms with van der Waals surface area (Å²) in [6.45, 7) is 3.62. The molecule has 1 aliphatic rings. The summed E-state index contributed by atoms with van der Waals surface area (Å²) in [4.78, 5) is 0. The van der Waals surface area contributed by atoms with Crippen LogP contribution in [0.15, 0.2) is 0 Å². The van der Waals surface area contributed by atoms with Gasteiger partial charge in [0.1, 0.15) is 18.3 Å². The number of rotatable bonds is 2. The van der Waals surface area contributed by atoms with E-state index in [0.29, 0.717) is 0 Å². The molecule has 1 rings (SSSR count). The van der Waals surface area contributed by atoms with Crippen LogP contribution in [0.3, 0.4) is 0 Å². The zero-order valence-corrected chi connectivity index (χ0v) is 9.33. The number of aliphatic hydroxyl groups excluding tert-OH is 3. The lowest BCUT2D eigenvalue weighted by Gasteiger charge is -2.39. The molecule has 3 unspecified atom stereocenters. The molecule has 0 aromatic rings. The van der Waals surface area contributed by atoms with Crippen LogP contribution in [0.4, 0.5) is 0 Å². The van der Waals surface area contributed by atoms with Crippen molar-refractivity contribution >= 4 is 0 Å². The van der Waals surface area contributed by atoms with E-state index in [1.807, 2.05) is 13.8 Å². The van der Waals surface area contributed by atoms with Gasteiger partial charge in [-0.3, -0.25) is 0 Å². The molecule has 15 heavy (non-hydrogen) atoms. The highest BCUT2D eigenvalue weighted by Gasteiger charge is 2.42. The molecular weight excluding hydrogens is 202 g/mol. The highest BCUT2D eigenvalue weighted by Crippen LogP contribution is 2.19. The molecule has 6 heteroatoms. The van der Waals surface area contributed by atoms with E-state index in [-0.39, 0.29) is 6.61 Å². The largest absolute Gasteiger partial charge is 0.394 e. The summed E-state index contributed by atoms with van der Waals surface area (Å²) in [6.07, 6.45) is -3.96. The maximum Gasteiger partial charge on any atom is 0.175 e. The summed E-state index contributed by atoms with van der Waals surface area (Å²) >= 11 is 0. The highest BCUT2D eigenvalue weighted by molar-refractivity contribution is 4.91. The van der Waals surface area contributed by atoms with Gasteiger partial charge >= 0.3 is 0 Å². The molecule has 6 nitrogen and oxygen atoms in total. The fourth-order valence-electron chi connectivity index (χ4n) is 1.32. The Morgan fingerprint density at radius 2 is 1.80 bits per heavy atom. The number of aliphatic hydroxyl groups is 3. The van der Waals surface area contributed by atoms with Gasteiger partial charge in [-0.1, -0.05) is 13.8 Å². The average Bonchev–Trinajstić information content (AvgIpc) is 2.29. The molecule has 0 amide bonds. The molecule has 0 saturated carbocycles. The maximum atomic E-state index is 9.40. The second kappa shape index (κ2) is 7.10. The maximum absolute atomic E-state index is 9.40. The van der Waals surface area contributed by atoms with E-state index in [9.17, 15) is 10.2 Å². The van der Waals surface area contributed by atoms with E-state index in [2.05, 4.69) is 0 Å². The number of hydrogen-bond donors (Lipinski definition) is 4. The van der Waals surface area contributed by atoms with E-state index in [1.54, 1.807) is 0 Å². The second-order valence-corrected chi connectivity index (χ2v) is 3.02. The number of hydrogen-bond acceptors (Lipinski definition) is 6. The number of nitrogens with two attached hydrogens (primary N) is 1. The van der Waals surface area contributed by atoms with Gasteiger partial charge in [0, 0.05) is 7.11 Å². The number of ether oxygens (including phenoxy) is 2. The first-order valence-corrected chi connectivity index (χ1v) is 5.02.